The highest BCUT2D eigenvalue weighted by atomic mass is 16.5. The summed E-state index contributed by atoms with van der Waals surface area (Å²) in [7, 11) is 0. The number of anilines is 1. The van der Waals surface area contributed by atoms with E-state index in [2.05, 4.69) is 15.5 Å². The van der Waals surface area contributed by atoms with Gasteiger partial charge in [-0.3, -0.25) is 9.59 Å². The number of nitrogens with zero attached hydrogens (tertiary/aromatic N) is 4. The molecule has 5 aromatic rings. The van der Waals surface area contributed by atoms with Crippen molar-refractivity contribution < 1.29 is 18.5 Å². The van der Waals surface area contributed by atoms with E-state index in [1.54, 1.807) is 36.3 Å². The van der Waals surface area contributed by atoms with E-state index in [0.717, 1.165) is 10.9 Å². The highest BCUT2D eigenvalue weighted by Gasteiger charge is 2.21. The molecular formula is C26H25N5O4. The van der Waals surface area contributed by atoms with E-state index in [-0.39, 0.29) is 24.1 Å². The molecule has 0 unspecified atom stereocenters. The number of amides is 2. The topological polar surface area (TPSA) is 106 Å². The van der Waals surface area contributed by atoms with E-state index in [4.69, 9.17) is 8.94 Å². The van der Waals surface area contributed by atoms with E-state index in [1.807, 2.05) is 48.9 Å². The van der Waals surface area contributed by atoms with Crippen molar-refractivity contribution in [2.75, 3.05) is 18.4 Å². The van der Waals surface area contributed by atoms with E-state index in [1.165, 1.54) is 0 Å². The maximum Gasteiger partial charge on any atom is 0.259 e. The molecular weight excluding hydrogens is 446 g/mol. The lowest BCUT2D eigenvalue weighted by Crippen LogP contribution is -2.33. The molecule has 9 heteroatoms. The van der Waals surface area contributed by atoms with Crippen molar-refractivity contribution in [3.05, 3.63) is 66.2 Å². The van der Waals surface area contributed by atoms with Crippen LogP contribution >= 0.6 is 0 Å². The number of likely N-dealkylation sites (N-methyl/N-ethyl adjacent to an activating group) is 1. The van der Waals surface area contributed by atoms with Crippen molar-refractivity contribution >= 4 is 39.5 Å². The third-order valence-electron chi connectivity index (χ3n) is 6.09. The predicted molar refractivity (Wildman–Crippen MR) is 132 cm³/mol. The lowest BCUT2D eigenvalue weighted by atomic mass is 10.1. The van der Waals surface area contributed by atoms with Gasteiger partial charge >= 0.3 is 0 Å². The van der Waals surface area contributed by atoms with Gasteiger partial charge in [0.1, 0.15) is 12.2 Å². The Morgan fingerprint density at radius 1 is 1.11 bits per heavy atom. The summed E-state index contributed by atoms with van der Waals surface area (Å²) in [4.78, 5) is 32.1. The zero-order chi connectivity index (χ0) is 24.5. The average molecular weight is 472 g/mol. The van der Waals surface area contributed by atoms with Crippen LogP contribution < -0.4 is 5.32 Å². The number of rotatable bonds is 7. The number of pyridine rings is 1. The van der Waals surface area contributed by atoms with Crippen molar-refractivity contribution in [2.24, 2.45) is 0 Å². The second kappa shape index (κ2) is 9.09. The van der Waals surface area contributed by atoms with Gasteiger partial charge in [0.15, 0.2) is 5.76 Å². The summed E-state index contributed by atoms with van der Waals surface area (Å²) in [5.41, 5.74) is 3.27. The van der Waals surface area contributed by atoms with Crippen LogP contribution in [0.1, 0.15) is 29.9 Å². The van der Waals surface area contributed by atoms with Crippen LogP contribution in [0.4, 0.5) is 5.69 Å². The van der Waals surface area contributed by atoms with E-state index in [0.29, 0.717) is 46.9 Å². The number of hydrogen-bond donors (Lipinski definition) is 1. The minimum absolute atomic E-state index is 0.0723. The van der Waals surface area contributed by atoms with E-state index >= 15 is 0 Å². The number of benzene rings is 1. The fourth-order valence-electron chi connectivity index (χ4n) is 4.26. The zero-order valence-electron chi connectivity index (χ0n) is 19.7. The molecule has 0 atom stereocenters. The quantitative estimate of drug-likeness (QED) is 0.363. The van der Waals surface area contributed by atoms with Crippen molar-refractivity contribution in [2.45, 2.75) is 27.3 Å². The number of aryl methyl sites for hydroxylation is 1. The molecule has 0 spiro atoms. The number of fused-ring (bicyclic) bond motifs is 2. The Labute approximate surface area is 201 Å². The molecule has 0 aliphatic carbocycles. The SMILES string of the molecule is CCN(CC)C(=O)Cn1ccc2cc(NC(=O)c3cc(-c4ccco4)nc4onc(C)c34)ccc21. The molecule has 4 heterocycles. The van der Waals surface area contributed by atoms with Crippen LogP contribution in [0.3, 0.4) is 0 Å². The van der Waals surface area contributed by atoms with Crippen LogP contribution in [-0.4, -0.2) is 44.5 Å². The summed E-state index contributed by atoms with van der Waals surface area (Å²) in [6.07, 6.45) is 3.43. The van der Waals surface area contributed by atoms with Crippen LogP contribution in [0.5, 0.6) is 0 Å². The summed E-state index contributed by atoms with van der Waals surface area (Å²) < 4.78 is 12.7. The second-order valence-electron chi connectivity index (χ2n) is 8.22. The molecule has 0 bridgehead atoms. The number of furan rings is 1. The van der Waals surface area contributed by atoms with Crippen molar-refractivity contribution in [3.8, 4) is 11.5 Å². The van der Waals surface area contributed by atoms with Crippen LogP contribution in [0.15, 0.2) is 63.9 Å². The van der Waals surface area contributed by atoms with Crippen LogP contribution in [0, 0.1) is 6.92 Å². The summed E-state index contributed by atoms with van der Waals surface area (Å²) in [5, 5.41) is 8.42. The van der Waals surface area contributed by atoms with Gasteiger partial charge in [0.25, 0.3) is 11.6 Å². The molecule has 5 rings (SSSR count). The first-order valence-corrected chi connectivity index (χ1v) is 11.5. The van der Waals surface area contributed by atoms with Crippen molar-refractivity contribution in [1.82, 2.24) is 19.6 Å². The Bertz CT molecular complexity index is 1530. The van der Waals surface area contributed by atoms with E-state index < -0.39 is 0 Å². The van der Waals surface area contributed by atoms with Crippen LogP contribution in [-0.2, 0) is 11.3 Å². The number of nitrogens with one attached hydrogen (secondary N) is 1. The van der Waals surface area contributed by atoms with E-state index in [9.17, 15) is 9.59 Å². The number of hydrogen-bond acceptors (Lipinski definition) is 6. The molecule has 1 N–H and O–H groups in total. The van der Waals surface area contributed by atoms with Crippen molar-refractivity contribution in [3.63, 3.8) is 0 Å². The first-order valence-electron chi connectivity index (χ1n) is 11.5. The lowest BCUT2D eigenvalue weighted by molar-refractivity contribution is -0.131. The maximum atomic E-state index is 13.3. The Kier molecular flexibility index (Phi) is 5.82. The smallest absolute Gasteiger partial charge is 0.259 e. The minimum Gasteiger partial charge on any atom is -0.463 e. The van der Waals surface area contributed by atoms with Gasteiger partial charge in [-0.15, -0.1) is 0 Å². The molecule has 2 amide bonds. The highest BCUT2D eigenvalue weighted by molar-refractivity contribution is 6.13. The third kappa shape index (κ3) is 4.16. The van der Waals surface area contributed by atoms with Gasteiger partial charge in [0, 0.05) is 35.9 Å². The summed E-state index contributed by atoms with van der Waals surface area (Å²) >= 11 is 0. The van der Waals surface area contributed by atoms with Gasteiger partial charge < -0.3 is 23.7 Å². The molecule has 0 aliphatic rings. The second-order valence-corrected chi connectivity index (χ2v) is 8.22. The molecule has 0 saturated heterocycles. The summed E-state index contributed by atoms with van der Waals surface area (Å²) in [6, 6.07) is 12.7. The Balaban J connectivity index is 1.43. The van der Waals surface area contributed by atoms with Gasteiger partial charge in [-0.05, 0) is 63.2 Å². The zero-order valence-corrected chi connectivity index (χ0v) is 19.7. The highest BCUT2D eigenvalue weighted by Crippen LogP contribution is 2.28. The maximum absolute atomic E-state index is 13.3. The van der Waals surface area contributed by atoms with Crippen LogP contribution in [0.2, 0.25) is 0 Å². The monoisotopic (exact) mass is 471 g/mol. The summed E-state index contributed by atoms with van der Waals surface area (Å²) in [5.74, 6) is 0.284. The Morgan fingerprint density at radius 3 is 2.69 bits per heavy atom. The Morgan fingerprint density at radius 2 is 1.94 bits per heavy atom. The predicted octanol–water partition coefficient (Wildman–Crippen LogP) is 4.87. The molecule has 0 radical (unpaired) electrons. The third-order valence-corrected chi connectivity index (χ3v) is 6.09. The first kappa shape index (κ1) is 22.4. The molecule has 9 nitrogen and oxygen atoms in total. The minimum atomic E-state index is -0.313. The number of carbonyl (C=O) groups excluding carboxylic acids is 2. The van der Waals surface area contributed by atoms with Gasteiger partial charge in [0.05, 0.1) is 22.9 Å². The fourth-order valence-corrected chi connectivity index (χ4v) is 4.26. The van der Waals surface area contributed by atoms with Crippen LogP contribution in [0.25, 0.3) is 33.5 Å². The largest absolute Gasteiger partial charge is 0.463 e. The molecule has 0 saturated carbocycles. The van der Waals surface area contributed by atoms with Gasteiger partial charge in [-0.2, -0.15) is 0 Å². The summed E-state index contributed by atoms with van der Waals surface area (Å²) in [6.45, 7) is 7.35. The standard InChI is InChI=1S/C26H25N5O4/c1-4-30(5-2)23(32)15-31-11-10-17-13-18(8-9-21(17)31)27-25(33)19-14-20(22-7-6-12-34-22)28-26-24(19)16(3)29-35-26/h6-14H,4-5,15H2,1-3H3,(H,27,33). The van der Waals surface area contributed by atoms with Gasteiger partial charge in [-0.1, -0.05) is 5.16 Å². The van der Waals surface area contributed by atoms with Gasteiger partial charge in [0.2, 0.25) is 5.91 Å². The molecule has 4 aromatic heterocycles. The number of aromatic nitrogens is 3. The lowest BCUT2D eigenvalue weighted by Gasteiger charge is -2.19. The fraction of sp³-hybridized carbons (Fsp3) is 0.231. The Hall–Kier alpha value is -4.40. The molecule has 35 heavy (non-hydrogen) atoms. The van der Waals surface area contributed by atoms with Crippen molar-refractivity contribution in [1.29, 1.82) is 0 Å². The first-order chi connectivity index (χ1) is 17.0. The molecule has 0 aliphatic heterocycles. The molecule has 0 fully saturated rings. The molecule has 178 valence electrons. The number of carbonyl (C=O) groups is 2. The van der Waals surface area contributed by atoms with Gasteiger partial charge in [-0.25, -0.2) is 4.98 Å². The normalized spacial score (nSPS) is 11.3. The molecule has 1 aromatic carbocycles. The average Bonchev–Trinajstić information content (AvgIpc) is 3.60.